The molecule has 0 radical (unpaired) electrons. The molecule has 1 N–H and O–H groups in total. The van der Waals surface area contributed by atoms with Crippen LogP contribution < -0.4 is 0 Å². The maximum Gasteiger partial charge on any atom is 0.115 e. The molecule has 0 fully saturated rings. The van der Waals surface area contributed by atoms with Crippen LogP contribution in [0.4, 0.5) is 0 Å². The average molecular weight is 136 g/mol. The SMILES string of the molecule is OCC#CCc1ccco1. The lowest BCUT2D eigenvalue weighted by molar-refractivity contribution is 0.350. The topological polar surface area (TPSA) is 33.4 Å². The van der Waals surface area contributed by atoms with Crippen molar-refractivity contribution in [3.8, 4) is 11.8 Å². The normalized spacial score (nSPS) is 8.50. The molecule has 0 amide bonds. The minimum atomic E-state index is -0.0826. The van der Waals surface area contributed by atoms with E-state index in [1.807, 2.05) is 12.1 Å². The second kappa shape index (κ2) is 3.76. The van der Waals surface area contributed by atoms with Crippen LogP contribution in [-0.4, -0.2) is 11.7 Å². The van der Waals surface area contributed by atoms with Gasteiger partial charge >= 0.3 is 0 Å². The first-order chi connectivity index (χ1) is 4.93. The summed E-state index contributed by atoms with van der Waals surface area (Å²) in [5.74, 6) is 6.11. The molecule has 1 heterocycles. The lowest BCUT2D eigenvalue weighted by atomic mass is 10.3. The standard InChI is InChI=1S/C8H8O2/c9-6-2-1-4-8-5-3-7-10-8/h3,5,7,9H,4,6H2. The highest BCUT2D eigenvalue weighted by molar-refractivity contribution is 5.10. The minimum absolute atomic E-state index is 0.0826. The Morgan fingerprint density at radius 1 is 1.50 bits per heavy atom. The van der Waals surface area contributed by atoms with E-state index in [0.717, 1.165) is 5.76 Å². The fraction of sp³-hybridized carbons (Fsp3) is 0.250. The summed E-state index contributed by atoms with van der Waals surface area (Å²) in [5.41, 5.74) is 0. The predicted octanol–water partition coefficient (Wildman–Crippen LogP) is 0.818. The van der Waals surface area contributed by atoms with Gasteiger partial charge < -0.3 is 9.52 Å². The van der Waals surface area contributed by atoms with E-state index in [2.05, 4.69) is 11.8 Å². The molecule has 1 rings (SSSR count). The Balaban J connectivity index is 2.41. The van der Waals surface area contributed by atoms with E-state index < -0.39 is 0 Å². The van der Waals surface area contributed by atoms with Crippen LogP contribution >= 0.6 is 0 Å². The molecule has 0 aliphatic carbocycles. The number of rotatable bonds is 1. The number of aliphatic hydroxyl groups is 1. The molecule has 52 valence electrons. The van der Waals surface area contributed by atoms with Crippen LogP contribution in [-0.2, 0) is 6.42 Å². The van der Waals surface area contributed by atoms with Crippen LogP contribution in [0.1, 0.15) is 5.76 Å². The smallest absolute Gasteiger partial charge is 0.115 e. The van der Waals surface area contributed by atoms with Gasteiger partial charge in [0.1, 0.15) is 12.4 Å². The second-order valence-corrected chi connectivity index (χ2v) is 1.77. The predicted molar refractivity (Wildman–Crippen MR) is 37.3 cm³/mol. The third kappa shape index (κ3) is 1.96. The van der Waals surface area contributed by atoms with Crippen molar-refractivity contribution in [2.24, 2.45) is 0 Å². The molecule has 0 aliphatic heterocycles. The second-order valence-electron chi connectivity index (χ2n) is 1.77. The van der Waals surface area contributed by atoms with Crippen molar-refractivity contribution < 1.29 is 9.52 Å². The van der Waals surface area contributed by atoms with Gasteiger partial charge in [-0.15, -0.1) is 0 Å². The molecule has 0 aliphatic rings. The summed E-state index contributed by atoms with van der Waals surface area (Å²) in [6.45, 7) is -0.0826. The molecule has 0 unspecified atom stereocenters. The zero-order chi connectivity index (χ0) is 7.23. The first-order valence-electron chi connectivity index (χ1n) is 3.02. The third-order valence-electron chi connectivity index (χ3n) is 1.05. The van der Waals surface area contributed by atoms with E-state index in [1.54, 1.807) is 6.26 Å². The van der Waals surface area contributed by atoms with Gasteiger partial charge in [-0.05, 0) is 12.1 Å². The number of furan rings is 1. The summed E-state index contributed by atoms with van der Waals surface area (Å²) in [5, 5.41) is 8.29. The first-order valence-corrected chi connectivity index (χ1v) is 3.02. The van der Waals surface area contributed by atoms with Crippen LogP contribution in [0.25, 0.3) is 0 Å². The molecule has 0 saturated carbocycles. The van der Waals surface area contributed by atoms with E-state index >= 15 is 0 Å². The van der Waals surface area contributed by atoms with Crippen molar-refractivity contribution in [3.05, 3.63) is 24.2 Å². The Morgan fingerprint density at radius 2 is 2.40 bits per heavy atom. The quantitative estimate of drug-likeness (QED) is 0.580. The van der Waals surface area contributed by atoms with Crippen molar-refractivity contribution in [2.45, 2.75) is 6.42 Å². The molecule has 1 aromatic rings. The Hall–Kier alpha value is -1.20. The fourth-order valence-corrected chi connectivity index (χ4v) is 0.619. The Bertz CT molecular complexity index is 226. The number of hydrogen-bond donors (Lipinski definition) is 1. The maximum absolute atomic E-state index is 8.29. The fourth-order valence-electron chi connectivity index (χ4n) is 0.619. The molecular weight excluding hydrogens is 128 g/mol. The highest BCUT2D eigenvalue weighted by Gasteiger charge is 1.88. The van der Waals surface area contributed by atoms with Crippen molar-refractivity contribution in [1.82, 2.24) is 0 Å². The molecule has 2 nitrogen and oxygen atoms in total. The van der Waals surface area contributed by atoms with Crippen molar-refractivity contribution >= 4 is 0 Å². The summed E-state index contributed by atoms with van der Waals surface area (Å²) < 4.78 is 5.00. The Kier molecular flexibility index (Phi) is 2.60. The highest BCUT2D eigenvalue weighted by Crippen LogP contribution is 1.98. The third-order valence-corrected chi connectivity index (χ3v) is 1.05. The molecular formula is C8H8O2. The monoisotopic (exact) mass is 136 g/mol. The Labute approximate surface area is 59.5 Å². The molecule has 0 spiro atoms. The molecule has 10 heavy (non-hydrogen) atoms. The van der Waals surface area contributed by atoms with Gasteiger partial charge in [-0.3, -0.25) is 0 Å². The Morgan fingerprint density at radius 3 is 3.00 bits per heavy atom. The van der Waals surface area contributed by atoms with Gasteiger partial charge in [-0.25, -0.2) is 0 Å². The van der Waals surface area contributed by atoms with E-state index in [1.165, 1.54) is 0 Å². The largest absolute Gasteiger partial charge is 0.468 e. The summed E-state index contributed by atoms with van der Waals surface area (Å²) in [6.07, 6.45) is 2.18. The molecule has 0 bridgehead atoms. The van der Waals surface area contributed by atoms with Gasteiger partial charge in [0, 0.05) is 0 Å². The van der Waals surface area contributed by atoms with E-state index in [0.29, 0.717) is 6.42 Å². The zero-order valence-electron chi connectivity index (χ0n) is 5.50. The zero-order valence-corrected chi connectivity index (χ0v) is 5.50. The summed E-state index contributed by atoms with van der Waals surface area (Å²) in [6, 6.07) is 3.67. The molecule has 2 heteroatoms. The first kappa shape index (κ1) is 6.91. The van der Waals surface area contributed by atoms with Crippen LogP contribution in [0.2, 0.25) is 0 Å². The van der Waals surface area contributed by atoms with Crippen molar-refractivity contribution in [1.29, 1.82) is 0 Å². The highest BCUT2D eigenvalue weighted by atomic mass is 16.3. The van der Waals surface area contributed by atoms with Crippen LogP contribution in [0, 0.1) is 11.8 Å². The average Bonchev–Trinajstić information content (AvgIpc) is 2.41. The summed E-state index contributed by atoms with van der Waals surface area (Å²) >= 11 is 0. The lowest BCUT2D eigenvalue weighted by Crippen LogP contribution is -1.76. The van der Waals surface area contributed by atoms with Gasteiger partial charge in [-0.1, -0.05) is 11.8 Å². The van der Waals surface area contributed by atoms with E-state index in [4.69, 9.17) is 9.52 Å². The van der Waals surface area contributed by atoms with E-state index in [9.17, 15) is 0 Å². The number of aliphatic hydroxyl groups excluding tert-OH is 1. The van der Waals surface area contributed by atoms with Crippen LogP contribution in [0.5, 0.6) is 0 Å². The van der Waals surface area contributed by atoms with Crippen LogP contribution in [0.3, 0.4) is 0 Å². The minimum Gasteiger partial charge on any atom is -0.468 e. The lowest BCUT2D eigenvalue weighted by Gasteiger charge is -1.81. The van der Waals surface area contributed by atoms with E-state index in [-0.39, 0.29) is 6.61 Å². The van der Waals surface area contributed by atoms with Crippen molar-refractivity contribution in [3.63, 3.8) is 0 Å². The van der Waals surface area contributed by atoms with Gasteiger partial charge in [0.15, 0.2) is 0 Å². The molecule has 0 saturated heterocycles. The molecule has 0 aromatic carbocycles. The summed E-state index contributed by atoms with van der Waals surface area (Å²) in [7, 11) is 0. The van der Waals surface area contributed by atoms with Gasteiger partial charge in [0.2, 0.25) is 0 Å². The molecule has 1 aromatic heterocycles. The van der Waals surface area contributed by atoms with Gasteiger partial charge in [-0.2, -0.15) is 0 Å². The summed E-state index contributed by atoms with van der Waals surface area (Å²) in [4.78, 5) is 0. The van der Waals surface area contributed by atoms with Crippen LogP contribution in [0.15, 0.2) is 22.8 Å². The molecule has 0 atom stereocenters. The van der Waals surface area contributed by atoms with Gasteiger partial charge in [0.05, 0.1) is 12.7 Å². The van der Waals surface area contributed by atoms with Gasteiger partial charge in [0.25, 0.3) is 0 Å². The van der Waals surface area contributed by atoms with Crippen molar-refractivity contribution in [2.75, 3.05) is 6.61 Å². The number of hydrogen-bond acceptors (Lipinski definition) is 2. The maximum atomic E-state index is 8.29.